The van der Waals surface area contributed by atoms with E-state index in [1.165, 1.54) is 0 Å². The number of nitrogens with one attached hydrogen (secondary N) is 2. The Hall–Kier alpha value is -0.800. The molecule has 2 N–H and O–H groups in total. The van der Waals surface area contributed by atoms with E-state index in [-0.39, 0.29) is 34.5 Å². The van der Waals surface area contributed by atoms with Crippen LogP contribution in [0.1, 0.15) is 77.6 Å². The van der Waals surface area contributed by atoms with Crippen LogP contribution in [0.25, 0.3) is 0 Å². The number of amides is 2. The Balaban J connectivity index is 1.15. The lowest BCUT2D eigenvalue weighted by Gasteiger charge is -2.34. The number of hydrogen-bond donors (Lipinski definition) is 2. The molecule has 1 unspecified atom stereocenters. The third-order valence-corrected chi connectivity index (χ3v) is 11.6. The number of carbonyl (C=O) groups is 2. The molecule has 2 amide bonds. The molecule has 4 aliphatic rings. The van der Waals surface area contributed by atoms with Crippen molar-refractivity contribution in [3.8, 4) is 0 Å². The lowest BCUT2D eigenvalue weighted by Crippen LogP contribution is -2.48. The van der Waals surface area contributed by atoms with Crippen LogP contribution in [0.4, 0.5) is 0 Å². The normalized spacial score (nSPS) is 32.9. The Morgan fingerprint density at radius 3 is 2.21 bits per heavy atom. The minimum Gasteiger partial charge on any atom is -0.353 e. The van der Waals surface area contributed by atoms with E-state index in [9.17, 15) is 18.0 Å². The van der Waals surface area contributed by atoms with E-state index in [1.54, 1.807) is 11.8 Å². The van der Waals surface area contributed by atoms with Crippen molar-refractivity contribution >= 4 is 33.4 Å². The summed E-state index contributed by atoms with van der Waals surface area (Å²) in [7, 11) is -2.96. The Kier molecular flexibility index (Phi) is 8.66. The van der Waals surface area contributed by atoms with E-state index in [0.29, 0.717) is 36.9 Å². The van der Waals surface area contributed by atoms with Crippen LogP contribution in [0, 0.1) is 17.8 Å². The van der Waals surface area contributed by atoms with Crippen molar-refractivity contribution in [2.24, 2.45) is 17.8 Å². The number of carbonyl (C=O) groups excluding carboxylic acids is 2. The fourth-order valence-electron chi connectivity index (χ4n) is 5.76. The van der Waals surface area contributed by atoms with Gasteiger partial charge in [-0.2, -0.15) is 0 Å². The summed E-state index contributed by atoms with van der Waals surface area (Å²) in [5, 5.41) is 6.41. The molecule has 1 aliphatic heterocycles. The molecule has 3 saturated carbocycles. The maximum Gasteiger partial charge on any atom is 0.227 e. The van der Waals surface area contributed by atoms with Crippen molar-refractivity contribution in [2.75, 3.05) is 24.6 Å². The predicted molar refractivity (Wildman–Crippen MR) is 132 cm³/mol. The monoisotopic (exact) mass is 499 g/mol. The molecule has 0 aromatic carbocycles. The van der Waals surface area contributed by atoms with E-state index >= 15 is 0 Å². The molecule has 33 heavy (non-hydrogen) atoms. The summed E-state index contributed by atoms with van der Waals surface area (Å²) in [6.45, 7) is 3.72. The van der Waals surface area contributed by atoms with Gasteiger partial charge in [0.15, 0.2) is 9.84 Å². The van der Waals surface area contributed by atoms with E-state index in [2.05, 4.69) is 10.6 Å². The summed E-state index contributed by atoms with van der Waals surface area (Å²) in [5.41, 5.74) is 0.110. The highest BCUT2D eigenvalue weighted by molar-refractivity contribution is 8.00. The maximum atomic E-state index is 13.0. The fraction of sp³-hybridized carbons (Fsp3) is 0.917. The lowest BCUT2D eigenvalue weighted by molar-refractivity contribution is -0.137. The Morgan fingerprint density at radius 1 is 0.970 bits per heavy atom. The molecule has 0 spiro atoms. The molecule has 9 heteroatoms. The van der Waals surface area contributed by atoms with Crippen molar-refractivity contribution < 1.29 is 18.0 Å². The van der Waals surface area contributed by atoms with Gasteiger partial charge in [-0.05, 0) is 83.0 Å². The third kappa shape index (κ3) is 6.88. The smallest absolute Gasteiger partial charge is 0.227 e. The Morgan fingerprint density at radius 2 is 1.64 bits per heavy atom. The molecule has 4 fully saturated rings. The van der Waals surface area contributed by atoms with Crippen molar-refractivity contribution in [3.63, 3.8) is 0 Å². The summed E-state index contributed by atoms with van der Waals surface area (Å²) >= 11 is 1.80. The average molecular weight is 500 g/mol. The summed E-state index contributed by atoms with van der Waals surface area (Å²) in [4.78, 5) is 27.6. The van der Waals surface area contributed by atoms with E-state index < -0.39 is 9.84 Å². The number of nitrogens with zero attached hydrogens (tertiary/aromatic N) is 1. The SMILES string of the molecule is CCN(C(=O)C1CCC(NC(=O)CC2CCC(S(=O)(=O)CC3CC3)CC2)CC1)C1NCCS1. The van der Waals surface area contributed by atoms with Crippen molar-refractivity contribution in [1.29, 1.82) is 0 Å². The van der Waals surface area contributed by atoms with E-state index in [1.807, 2.05) is 11.8 Å². The zero-order valence-corrected chi connectivity index (χ0v) is 21.6. The zero-order valence-electron chi connectivity index (χ0n) is 20.0. The van der Waals surface area contributed by atoms with Crippen molar-refractivity contribution in [2.45, 2.75) is 94.3 Å². The van der Waals surface area contributed by atoms with Gasteiger partial charge in [0.1, 0.15) is 5.50 Å². The van der Waals surface area contributed by atoms with Crippen LogP contribution in [0.2, 0.25) is 0 Å². The largest absolute Gasteiger partial charge is 0.353 e. The molecular weight excluding hydrogens is 458 g/mol. The number of thioether (sulfide) groups is 1. The molecule has 4 rings (SSSR count). The van der Waals surface area contributed by atoms with Crippen molar-refractivity contribution in [3.05, 3.63) is 0 Å². The topological polar surface area (TPSA) is 95.6 Å². The number of sulfone groups is 1. The summed E-state index contributed by atoms with van der Waals surface area (Å²) in [6, 6.07) is 0.158. The molecule has 1 saturated heterocycles. The van der Waals surface area contributed by atoms with Gasteiger partial charge >= 0.3 is 0 Å². The van der Waals surface area contributed by atoms with Gasteiger partial charge in [-0.1, -0.05) is 0 Å². The molecule has 0 radical (unpaired) electrons. The standard InChI is InChI=1S/C24H41N3O4S2/c1-2-27(24-25-13-14-32-24)23(29)19-7-9-20(10-8-19)26-22(28)15-17-5-11-21(12-6-17)33(30,31)16-18-3-4-18/h17-21,24-25H,2-16H2,1H3,(H,26,28). The van der Waals surface area contributed by atoms with Gasteiger partial charge in [-0.3, -0.25) is 14.9 Å². The first-order valence-corrected chi connectivity index (χ1v) is 15.8. The zero-order chi connectivity index (χ0) is 23.4. The minimum atomic E-state index is -2.96. The summed E-state index contributed by atoms with van der Waals surface area (Å²) in [6.07, 6.45) is 9.12. The molecule has 0 aromatic rings. The van der Waals surface area contributed by atoms with E-state index in [0.717, 1.165) is 70.2 Å². The first-order valence-electron chi connectivity index (χ1n) is 13.0. The van der Waals surface area contributed by atoms with Crippen LogP contribution in [-0.4, -0.2) is 66.5 Å². The van der Waals surface area contributed by atoms with Crippen LogP contribution in [0.3, 0.4) is 0 Å². The first kappa shape index (κ1) is 25.3. The van der Waals surface area contributed by atoms with Crippen molar-refractivity contribution in [1.82, 2.24) is 15.5 Å². The maximum absolute atomic E-state index is 13.0. The lowest BCUT2D eigenvalue weighted by atomic mass is 9.84. The van der Waals surface area contributed by atoms with Gasteiger partial charge < -0.3 is 10.2 Å². The molecule has 3 aliphatic carbocycles. The second kappa shape index (κ2) is 11.3. The first-order chi connectivity index (χ1) is 15.9. The predicted octanol–water partition coefficient (Wildman–Crippen LogP) is 2.90. The van der Waals surface area contributed by atoms with Gasteiger partial charge in [-0.25, -0.2) is 8.42 Å². The number of rotatable bonds is 9. The van der Waals surface area contributed by atoms with Gasteiger partial charge in [0, 0.05) is 37.2 Å². The van der Waals surface area contributed by atoms with Gasteiger partial charge in [0.05, 0.1) is 11.0 Å². The van der Waals surface area contributed by atoms with Crippen LogP contribution in [0.5, 0.6) is 0 Å². The van der Waals surface area contributed by atoms with E-state index in [4.69, 9.17) is 0 Å². The van der Waals surface area contributed by atoms with Crippen LogP contribution >= 0.6 is 11.8 Å². The third-order valence-electron chi connectivity index (χ3n) is 7.99. The van der Waals surface area contributed by atoms with Crippen LogP contribution in [0.15, 0.2) is 0 Å². The van der Waals surface area contributed by atoms with Crippen LogP contribution < -0.4 is 10.6 Å². The Bertz CT molecular complexity index is 780. The molecule has 188 valence electrons. The highest BCUT2D eigenvalue weighted by Gasteiger charge is 2.37. The second-order valence-electron chi connectivity index (χ2n) is 10.5. The molecule has 0 bridgehead atoms. The highest BCUT2D eigenvalue weighted by atomic mass is 32.2. The molecule has 1 atom stereocenters. The molecule has 1 heterocycles. The molecule has 0 aromatic heterocycles. The summed E-state index contributed by atoms with van der Waals surface area (Å²) < 4.78 is 25.1. The van der Waals surface area contributed by atoms with Crippen LogP contribution in [-0.2, 0) is 19.4 Å². The average Bonchev–Trinajstić information content (AvgIpc) is 3.43. The van der Waals surface area contributed by atoms with Gasteiger partial charge in [0.25, 0.3) is 0 Å². The highest BCUT2D eigenvalue weighted by Crippen LogP contribution is 2.36. The second-order valence-corrected chi connectivity index (χ2v) is 14.1. The Labute approximate surface area is 203 Å². The summed E-state index contributed by atoms with van der Waals surface area (Å²) in [5.74, 6) is 2.54. The quantitative estimate of drug-likeness (QED) is 0.507. The van der Waals surface area contributed by atoms with Gasteiger partial charge in [-0.15, -0.1) is 11.8 Å². The fourth-order valence-corrected chi connectivity index (χ4v) is 9.14. The minimum absolute atomic E-state index is 0.0639. The molecule has 7 nitrogen and oxygen atoms in total. The molecular formula is C24H41N3O4S2. The van der Waals surface area contributed by atoms with Gasteiger partial charge in [0.2, 0.25) is 11.8 Å². The number of hydrogen-bond acceptors (Lipinski definition) is 6.